The maximum atomic E-state index is 5.07. The Morgan fingerprint density at radius 3 is 2.61 bits per heavy atom. The molecule has 0 bridgehead atoms. The van der Waals surface area contributed by atoms with Crippen molar-refractivity contribution in [1.82, 2.24) is 10.7 Å². The molecule has 18 heavy (non-hydrogen) atoms. The van der Waals surface area contributed by atoms with Gasteiger partial charge in [-0.15, -0.1) is 0 Å². The first-order chi connectivity index (χ1) is 8.63. The highest BCUT2D eigenvalue weighted by Gasteiger charge is 1.97. The predicted octanol–water partition coefficient (Wildman–Crippen LogP) is 1.83. The highest BCUT2D eigenvalue weighted by atomic mass is 32.1. The lowest BCUT2D eigenvalue weighted by Crippen LogP contribution is -2.34. The molecule has 0 spiro atoms. The second kappa shape index (κ2) is 7.79. The number of benzene rings is 1. The van der Waals surface area contributed by atoms with E-state index < -0.39 is 0 Å². The van der Waals surface area contributed by atoms with Crippen LogP contribution in [-0.2, 0) is 4.74 Å². The number of aryl methyl sites for hydroxylation is 1. The standard InChI is InChI=1S/C13H19N3OS/c1-10-4-6-12(7-5-10)11(2)15-16-13(18)14-8-9-17-3/h4-7H,8-9H2,1-3H3,(H2,14,16,18). The zero-order valence-corrected chi connectivity index (χ0v) is 11.8. The summed E-state index contributed by atoms with van der Waals surface area (Å²) >= 11 is 5.07. The highest BCUT2D eigenvalue weighted by molar-refractivity contribution is 7.80. The number of hydrazone groups is 1. The first kappa shape index (κ1) is 14.6. The molecule has 1 aromatic rings. The van der Waals surface area contributed by atoms with Crippen LogP contribution in [-0.4, -0.2) is 31.1 Å². The van der Waals surface area contributed by atoms with E-state index in [9.17, 15) is 0 Å². The predicted molar refractivity (Wildman–Crippen MR) is 79.0 cm³/mol. The molecule has 0 saturated heterocycles. The van der Waals surface area contributed by atoms with Crippen molar-refractivity contribution in [2.24, 2.45) is 5.10 Å². The topological polar surface area (TPSA) is 45.6 Å². The van der Waals surface area contributed by atoms with Crippen molar-refractivity contribution in [2.75, 3.05) is 20.3 Å². The molecule has 5 heteroatoms. The minimum Gasteiger partial charge on any atom is -0.383 e. The maximum Gasteiger partial charge on any atom is 0.187 e. The van der Waals surface area contributed by atoms with Gasteiger partial charge in [0.2, 0.25) is 0 Å². The van der Waals surface area contributed by atoms with Crippen LogP contribution >= 0.6 is 12.2 Å². The average molecular weight is 265 g/mol. The van der Waals surface area contributed by atoms with E-state index >= 15 is 0 Å². The average Bonchev–Trinajstić information content (AvgIpc) is 2.37. The molecular formula is C13H19N3OS. The highest BCUT2D eigenvalue weighted by Crippen LogP contribution is 2.03. The molecule has 0 aromatic heterocycles. The Kier molecular flexibility index (Phi) is 6.32. The molecule has 4 nitrogen and oxygen atoms in total. The molecule has 0 aliphatic carbocycles. The van der Waals surface area contributed by atoms with Crippen molar-refractivity contribution in [2.45, 2.75) is 13.8 Å². The van der Waals surface area contributed by atoms with Crippen LogP contribution in [0.5, 0.6) is 0 Å². The Morgan fingerprint density at radius 2 is 2.00 bits per heavy atom. The summed E-state index contributed by atoms with van der Waals surface area (Å²) in [5.74, 6) is 0. The molecule has 0 aliphatic rings. The van der Waals surface area contributed by atoms with Gasteiger partial charge in [-0.05, 0) is 31.6 Å². The third kappa shape index (κ3) is 5.25. The number of nitrogens with zero attached hydrogens (tertiary/aromatic N) is 1. The van der Waals surface area contributed by atoms with Crippen molar-refractivity contribution >= 4 is 23.0 Å². The summed E-state index contributed by atoms with van der Waals surface area (Å²) in [4.78, 5) is 0. The van der Waals surface area contributed by atoms with Crippen LogP contribution in [0, 0.1) is 6.92 Å². The first-order valence-corrected chi connectivity index (χ1v) is 6.18. The van der Waals surface area contributed by atoms with Crippen LogP contribution in [0.25, 0.3) is 0 Å². The molecule has 0 radical (unpaired) electrons. The molecule has 1 rings (SSSR count). The minimum atomic E-state index is 0.499. The lowest BCUT2D eigenvalue weighted by molar-refractivity contribution is 0.204. The molecule has 0 aliphatic heterocycles. The van der Waals surface area contributed by atoms with Crippen molar-refractivity contribution in [3.8, 4) is 0 Å². The number of thiocarbonyl (C=S) groups is 1. The van der Waals surface area contributed by atoms with Crippen molar-refractivity contribution in [1.29, 1.82) is 0 Å². The zero-order valence-electron chi connectivity index (χ0n) is 11.0. The van der Waals surface area contributed by atoms with Gasteiger partial charge in [0.1, 0.15) is 0 Å². The van der Waals surface area contributed by atoms with Gasteiger partial charge in [-0.25, -0.2) is 0 Å². The number of hydrogen-bond acceptors (Lipinski definition) is 3. The van der Waals surface area contributed by atoms with Crippen molar-refractivity contribution in [3.05, 3.63) is 35.4 Å². The third-order valence-electron chi connectivity index (χ3n) is 2.39. The first-order valence-electron chi connectivity index (χ1n) is 5.77. The monoisotopic (exact) mass is 265 g/mol. The van der Waals surface area contributed by atoms with Crippen LogP contribution in [0.15, 0.2) is 29.4 Å². The Labute approximate surface area is 113 Å². The van der Waals surface area contributed by atoms with Gasteiger partial charge in [0.25, 0.3) is 0 Å². The van der Waals surface area contributed by atoms with Crippen molar-refractivity contribution < 1.29 is 4.74 Å². The number of nitrogens with one attached hydrogen (secondary N) is 2. The van der Waals surface area contributed by atoms with Gasteiger partial charge in [-0.1, -0.05) is 29.8 Å². The second-order valence-corrected chi connectivity index (χ2v) is 4.33. The summed E-state index contributed by atoms with van der Waals surface area (Å²) in [5.41, 5.74) is 6.01. The largest absolute Gasteiger partial charge is 0.383 e. The molecule has 1 aromatic carbocycles. The Balaban J connectivity index is 2.46. The number of methoxy groups -OCH3 is 1. The Hall–Kier alpha value is -1.46. The summed E-state index contributed by atoms with van der Waals surface area (Å²) in [6, 6.07) is 8.20. The van der Waals surface area contributed by atoms with E-state index in [4.69, 9.17) is 17.0 Å². The van der Waals surface area contributed by atoms with Gasteiger partial charge in [-0.3, -0.25) is 5.43 Å². The number of ether oxygens (including phenoxy) is 1. The lowest BCUT2D eigenvalue weighted by atomic mass is 10.1. The minimum absolute atomic E-state index is 0.499. The summed E-state index contributed by atoms with van der Waals surface area (Å²) < 4.78 is 4.91. The maximum absolute atomic E-state index is 5.07. The zero-order chi connectivity index (χ0) is 13.4. The smallest absolute Gasteiger partial charge is 0.187 e. The fourth-order valence-corrected chi connectivity index (χ4v) is 1.45. The molecule has 0 saturated carbocycles. The second-order valence-electron chi connectivity index (χ2n) is 3.92. The van der Waals surface area contributed by atoms with Crippen LogP contribution in [0.1, 0.15) is 18.1 Å². The normalized spacial score (nSPS) is 11.2. The molecule has 98 valence electrons. The summed E-state index contributed by atoms with van der Waals surface area (Å²) in [6.45, 7) is 5.28. The molecular weight excluding hydrogens is 246 g/mol. The van der Waals surface area contributed by atoms with E-state index in [0.29, 0.717) is 18.3 Å². The number of rotatable bonds is 5. The van der Waals surface area contributed by atoms with Crippen LogP contribution < -0.4 is 10.7 Å². The van der Waals surface area contributed by atoms with Gasteiger partial charge < -0.3 is 10.1 Å². The van der Waals surface area contributed by atoms with Crippen LogP contribution in [0.2, 0.25) is 0 Å². The quantitative estimate of drug-likeness (QED) is 0.369. The van der Waals surface area contributed by atoms with E-state index in [-0.39, 0.29) is 0 Å². The van der Waals surface area contributed by atoms with E-state index in [0.717, 1.165) is 11.3 Å². The lowest BCUT2D eigenvalue weighted by Gasteiger charge is -2.07. The Morgan fingerprint density at radius 1 is 1.33 bits per heavy atom. The molecule has 0 unspecified atom stereocenters. The number of hydrogen-bond donors (Lipinski definition) is 2. The fraction of sp³-hybridized carbons (Fsp3) is 0.385. The third-order valence-corrected chi connectivity index (χ3v) is 2.62. The van der Waals surface area contributed by atoms with Crippen molar-refractivity contribution in [3.63, 3.8) is 0 Å². The Bertz CT molecular complexity index is 415. The molecule has 0 atom stereocenters. The summed E-state index contributed by atoms with van der Waals surface area (Å²) in [7, 11) is 1.65. The molecule has 0 amide bonds. The summed E-state index contributed by atoms with van der Waals surface area (Å²) in [6.07, 6.45) is 0. The van der Waals surface area contributed by atoms with E-state index in [1.807, 2.05) is 19.1 Å². The van der Waals surface area contributed by atoms with Gasteiger partial charge in [0.15, 0.2) is 5.11 Å². The van der Waals surface area contributed by atoms with E-state index in [1.165, 1.54) is 5.56 Å². The van der Waals surface area contributed by atoms with Gasteiger partial charge in [0.05, 0.1) is 12.3 Å². The van der Waals surface area contributed by atoms with Gasteiger partial charge >= 0.3 is 0 Å². The van der Waals surface area contributed by atoms with Crippen LogP contribution in [0.4, 0.5) is 0 Å². The van der Waals surface area contributed by atoms with E-state index in [2.05, 4.69) is 34.9 Å². The fourth-order valence-electron chi connectivity index (χ4n) is 1.30. The molecule has 0 fully saturated rings. The van der Waals surface area contributed by atoms with Crippen LogP contribution in [0.3, 0.4) is 0 Å². The SMILES string of the molecule is COCCNC(=S)NN=C(C)c1ccc(C)cc1. The molecule has 0 heterocycles. The summed E-state index contributed by atoms with van der Waals surface area (Å²) in [5, 5.41) is 7.71. The van der Waals surface area contributed by atoms with Gasteiger partial charge in [0, 0.05) is 13.7 Å². The van der Waals surface area contributed by atoms with E-state index in [1.54, 1.807) is 7.11 Å². The molecule has 2 N–H and O–H groups in total. The van der Waals surface area contributed by atoms with Gasteiger partial charge in [-0.2, -0.15) is 5.10 Å².